The molecule has 0 heterocycles. The minimum absolute atomic E-state index is 0.297. The van der Waals surface area contributed by atoms with E-state index in [2.05, 4.69) is 9.05 Å². The van der Waals surface area contributed by atoms with Gasteiger partial charge in [0.05, 0.1) is 11.8 Å². The van der Waals surface area contributed by atoms with Crippen molar-refractivity contribution in [3.63, 3.8) is 0 Å². The number of hydrogen-bond acceptors (Lipinski definition) is 3. The molecule has 0 bridgehead atoms. The second kappa shape index (κ2) is 6.58. The molecule has 0 aromatic heterocycles. The van der Waals surface area contributed by atoms with Crippen molar-refractivity contribution >= 4 is 77.9 Å². The van der Waals surface area contributed by atoms with E-state index in [-0.39, 0.29) is 11.8 Å². The molecule has 0 aromatic carbocycles. The first kappa shape index (κ1) is 15.9. The third-order valence-corrected chi connectivity index (χ3v) is 4.47. The van der Waals surface area contributed by atoms with Gasteiger partial charge >= 0.3 is 8.25 Å². The van der Waals surface area contributed by atoms with Gasteiger partial charge in [-0.1, -0.05) is 46.4 Å². The lowest BCUT2D eigenvalue weighted by Gasteiger charge is -2.20. The number of alkyl halides is 6. The Labute approximate surface area is 112 Å². The first-order chi connectivity index (χ1) is 6.22. The van der Waals surface area contributed by atoms with E-state index in [4.69, 9.17) is 69.6 Å². The highest BCUT2D eigenvalue weighted by molar-refractivity contribution is 7.33. The lowest BCUT2D eigenvalue weighted by atomic mass is 10.8. The molecular weight excluding hydrogens is 340 g/mol. The Morgan fingerprint density at radius 3 is 1.43 bits per heavy atom. The van der Waals surface area contributed by atoms with E-state index >= 15 is 0 Å². The summed E-state index contributed by atoms with van der Waals surface area (Å²) in [4.78, 5) is 0. The van der Waals surface area contributed by atoms with Crippen LogP contribution in [0.5, 0.6) is 0 Å². The Kier molecular flexibility index (Phi) is 7.47. The van der Waals surface area contributed by atoms with Crippen molar-refractivity contribution in [2.75, 3.05) is 11.8 Å². The van der Waals surface area contributed by atoms with Crippen LogP contribution in [0.4, 0.5) is 0 Å². The van der Waals surface area contributed by atoms with Gasteiger partial charge in [-0.15, -0.1) is 23.2 Å². The number of hydrogen-bond donors (Lipinski definition) is 0. The third kappa shape index (κ3) is 7.21. The molecule has 0 aliphatic heterocycles. The van der Waals surface area contributed by atoms with Gasteiger partial charge < -0.3 is 0 Å². The van der Waals surface area contributed by atoms with E-state index in [1.807, 2.05) is 0 Å². The van der Waals surface area contributed by atoms with Crippen LogP contribution < -0.4 is 0 Å². The molecule has 14 heavy (non-hydrogen) atoms. The van der Waals surface area contributed by atoms with Crippen LogP contribution in [0.25, 0.3) is 0 Å². The lowest BCUT2D eigenvalue weighted by molar-refractivity contribution is 0.179. The normalized spacial score (nSPS) is 13.6. The first-order valence-corrected chi connectivity index (χ1v) is 6.82. The summed E-state index contributed by atoms with van der Waals surface area (Å²) in [6.07, 6.45) is 0. The summed E-state index contributed by atoms with van der Waals surface area (Å²) < 4.78 is 16.5. The van der Waals surface area contributed by atoms with Gasteiger partial charge in [0.25, 0.3) is 0 Å². The lowest BCUT2D eigenvalue weighted by Crippen LogP contribution is -2.20. The zero-order valence-electron chi connectivity index (χ0n) is 6.41. The van der Waals surface area contributed by atoms with Crippen molar-refractivity contribution in [2.24, 2.45) is 0 Å². The van der Waals surface area contributed by atoms with Crippen molar-refractivity contribution in [2.45, 2.75) is 9.04 Å². The average molecular weight is 345 g/mol. The van der Waals surface area contributed by atoms with Gasteiger partial charge in [0.1, 0.15) is 0 Å². The van der Waals surface area contributed by atoms with Crippen molar-refractivity contribution in [1.82, 2.24) is 0 Å². The van der Waals surface area contributed by atoms with Crippen LogP contribution in [0.1, 0.15) is 0 Å². The fourth-order valence-corrected chi connectivity index (χ4v) is 2.04. The van der Waals surface area contributed by atoms with E-state index in [1.165, 1.54) is 0 Å². The van der Waals surface area contributed by atoms with E-state index in [1.54, 1.807) is 0 Å². The highest BCUT2D eigenvalue weighted by Gasteiger charge is 2.32. The minimum Gasteiger partial charge on any atom is -0.272 e. The van der Waals surface area contributed by atoms with E-state index in [0.717, 1.165) is 0 Å². The van der Waals surface area contributed by atoms with Crippen molar-refractivity contribution < 1.29 is 13.6 Å². The molecule has 0 aromatic rings. The van der Waals surface area contributed by atoms with Crippen LogP contribution in [0.3, 0.4) is 0 Å². The van der Waals surface area contributed by atoms with Crippen LogP contribution in [-0.4, -0.2) is 20.8 Å². The van der Waals surface area contributed by atoms with Crippen molar-refractivity contribution in [3.8, 4) is 0 Å². The Balaban J connectivity index is 4.12. The van der Waals surface area contributed by atoms with Crippen molar-refractivity contribution in [3.05, 3.63) is 0 Å². The summed E-state index contributed by atoms with van der Waals surface area (Å²) in [6, 6.07) is 0. The fourth-order valence-electron chi connectivity index (χ4n) is 0.319. The highest BCUT2D eigenvalue weighted by Crippen LogP contribution is 2.43. The zero-order valence-corrected chi connectivity index (χ0v) is 11.9. The molecule has 0 aliphatic carbocycles. The molecule has 0 fully saturated rings. The summed E-state index contributed by atoms with van der Waals surface area (Å²) in [5, 5.41) is 0. The molecule has 0 N–H and O–H groups in total. The van der Waals surface area contributed by atoms with Gasteiger partial charge in [0, 0.05) is 0 Å². The van der Waals surface area contributed by atoms with Crippen LogP contribution in [0.15, 0.2) is 0 Å². The largest absolute Gasteiger partial charge is 0.324 e. The van der Waals surface area contributed by atoms with E-state index in [0.29, 0.717) is 0 Å². The maximum atomic E-state index is 11.1. The van der Waals surface area contributed by atoms with Gasteiger partial charge in [-0.3, -0.25) is 13.6 Å². The molecule has 10 heteroatoms. The van der Waals surface area contributed by atoms with Crippen molar-refractivity contribution in [1.29, 1.82) is 0 Å². The molecule has 0 radical (unpaired) electrons. The Morgan fingerprint density at radius 2 is 1.21 bits per heavy atom. The predicted molar refractivity (Wildman–Crippen MR) is 61.5 cm³/mol. The second-order valence-electron chi connectivity index (χ2n) is 2.00. The van der Waals surface area contributed by atoms with Crippen LogP contribution in [0.2, 0.25) is 0 Å². The molecule has 0 saturated heterocycles. The van der Waals surface area contributed by atoms with E-state index < -0.39 is 17.3 Å². The standard InChI is InChI=1S/C4H5Cl6O3P/c5-1-3(7,8)12-14(11)13-4(9,10)2-6/h14H,1-2H2. The van der Waals surface area contributed by atoms with Crippen LogP contribution in [-0.2, 0) is 13.6 Å². The highest BCUT2D eigenvalue weighted by atomic mass is 35.5. The van der Waals surface area contributed by atoms with Gasteiger partial charge in [-0.05, 0) is 0 Å². The first-order valence-electron chi connectivity index (χ1n) is 3.02. The molecule has 0 aliphatic rings. The fraction of sp³-hybridized carbons (Fsp3) is 1.00. The summed E-state index contributed by atoms with van der Waals surface area (Å²) in [5.41, 5.74) is 0. The molecule has 86 valence electrons. The maximum Gasteiger partial charge on any atom is 0.324 e. The summed E-state index contributed by atoms with van der Waals surface area (Å²) in [7, 11) is -3.07. The Hall–Kier alpha value is 1.89. The molecule has 0 rings (SSSR count). The number of halogens is 6. The third-order valence-electron chi connectivity index (χ3n) is 0.776. The van der Waals surface area contributed by atoms with Crippen LogP contribution in [0, 0.1) is 0 Å². The molecule has 0 saturated carbocycles. The summed E-state index contributed by atoms with van der Waals surface area (Å²) in [5.74, 6) is -0.595. The average Bonchev–Trinajstić information content (AvgIpc) is 2.02. The zero-order chi connectivity index (χ0) is 11.4. The number of rotatable bonds is 6. The summed E-state index contributed by atoms with van der Waals surface area (Å²) in [6.45, 7) is 0. The smallest absolute Gasteiger partial charge is 0.272 e. The monoisotopic (exact) mass is 342 g/mol. The van der Waals surface area contributed by atoms with Gasteiger partial charge in [-0.25, -0.2) is 0 Å². The predicted octanol–water partition coefficient (Wildman–Crippen LogP) is 4.15. The van der Waals surface area contributed by atoms with Gasteiger partial charge in [-0.2, -0.15) is 0 Å². The molecule has 3 nitrogen and oxygen atoms in total. The second-order valence-corrected chi connectivity index (χ2v) is 6.27. The molecule has 0 amide bonds. The Morgan fingerprint density at radius 1 is 0.929 bits per heavy atom. The minimum atomic E-state index is -3.07. The SMILES string of the molecule is O=[PH](OC(Cl)(Cl)CCl)OC(Cl)(Cl)CCl. The molecule has 0 atom stereocenters. The summed E-state index contributed by atoms with van der Waals surface area (Å²) >= 11 is 32.3. The topological polar surface area (TPSA) is 35.5 Å². The van der Waals surface area contributed by atoms with Gasteiger partial charge in [0.2, 0.25) is 9.04 Å². The van der Waals surface area contributed by atoms with Crippen LogP contribution >= 0.6 is 77.9 Å². The Bertz CT molecular complexity index is 189. The molecule has 0 unspecified atom stereocenters. The molecular formula is C4H5Cl6O3P. The van der Waals surface area contributed by atoms with E-state index in [9.17, 15) is 4.57 Å². The van der Waals surface area contributed by atoms with Gasteiger partial charge in [0.15, 0.2) is 0 Å². The molecule has 0 spiro atoms. The maximum absolute atomic E-state index is 11.1. The quantitative estimate of drug-likeness (QED) is 0.536.